The summed E-state index contributed by atoms with van der Waals surface area (Å²) in [7, 11) is 0. The number of carbonyl (C=O) groups excluding carboxylic acids is 1. The van der Waals surface area contributed by atoms with Crippen molar-refractivity contribution in [3.63, 3.8) is 0 Å². The zero-order valence-electron chi connectivity index (χ0n) is 18.6. The zero-order valence-corrected chi connectivity index (χ0v) is 18.6. The number of hydrogen-bond donors (Lipinski definition) is 1. The Morgan fingerprint density at radius 1 is 1.00 bits per heavy atom. The van der Waals surface area contributed by atoms with E-state index in [1.54, 1.807) is 12.1 Å². The van der Waals surface area contributed by atoms with Crippen molar-refractivity contribution in [2.75, 3.05) is 29.9 Å². The summed E-state index contributed by atoms with van der Waals surface area (Å²) in [4.78, 5) is 15.0. The minimum Gasteiger partial charge on any atom is -0.494 e. The number of nitrogens with zero attached hydrogens (tertiary/aromatic N) is 3. The van der Waals surface area contributed by atoms with E-state index < -0.39 is 0 Å². The van der Waals surface area contributed by atoms with E-state index in [1.807, 2.05) is 48.5 Å². The number of anilines is 2. The predicted molar refractivity (Wildman–Crippen MR) is 128 cm³/mol. The van der Waals surface area contributed by atoms with Crippen molar-refractivity contribution in [3.8, 4) is 17.0 Å². The third-order valence-corrected chi connectivity index (χ3v) is 5.63. The summed E-state index contributed by atoms with van der Waals surface area (Å²) >= 11 is 0. The Bertz CT molecular complexity index is 1010. The van der Waals surface area contributed by atoms with Crippen LogP contribution >= 0.6 is 0 Å². The number of piperidine rings is 1. The van der Waals surface area contributed by atoms with Gasteiger partial charge in [-0.15, -0.1) is 10.2 Å². The van der Waals surface area contributed by atoms with Crippen LogP contribution in [-0.4, -0.2) is 35.8 Å². The number of benzene rings is 2. The van der Waals surface area contributed by atoms with Gasteiger partial charge in [-0.25, -0.2) is 0 Å². The smallest absolute Gasteiger partial charge is 0.255 e. The minimum atomic E-state index is -0.159. The molecule has 6 heteroatoms. The molecule has 0 spiro atoms. The lowest BCUT2D eigenvalue weighted by Crippen LogP contribution is -2.30. The van der Waals surface area contributed by atoms with E-state index in [9.17, 15) is 4.79 Å². The summed E-state index contributed by atoms with van der Waals surface area (Å²) in [5.41, 5.74) is 3.01. The van der Waals surface area contributed by atoms with E-state index >= 15 is 0 Å². The summed E-state index contributed by atoms with van der Waals surface area (Å²) in [5, 5.41) is 11.8. The standard InChI is InChI=1S/C26H30N4O2/c1-2-3-18-32-23-12-10-20(11-13-23)26(31)27-22-9-7-8-21(19-22)24-14-15-25(29-28-24)30-16-5-4-6-17-30/h7-15,19H,2-6,16-18H2,1H3,(H,27,31). The molecule has 1 fully saturated rings. The Balaban J connectivity index is 1.40. The first-order valence-electron chi connectivity index (χ1n) is 11.5. The van der Waals surface area contributed by atoms with Crippen LogP contribution in [0.2, 0.25) is 0 Å². The Labute approximate surface area is 189 Å². The van der Waals surface area contributed by atoms with E-state index in [4.69, 9.17) is 4.74 Å². The van der Waals surface area contributed by atoms with E-state index in [1.165, 1.54) is 19.3 Å². The number of aromatic nitrogens is 2. The fourth-order valence-corrected chi connectivity index (χ4v) is 3.77. The molecule has 1 aromatic heterocycles. The van der Waals surface area contributed by atoms with Crippen molar-refractivity contribution in [2.45, 2.75) is 39.0 Å². The molecule has 0 aliphatic carbocycles. The van der Waals surface area contributed by atoms with Crippen LogP contribution in [0, 0.1) is 0 Å². The van der Waals surface area contributed by atoms with Gasteiger partial charge in [-0.2, -0.15) is 0 Å². The Morgan fingerprint density at radius 2 is 1.81 bits per heavy atom. The Hall–Kier alpha value is -3.41. The van der Waals surface area contributed by atoms with E-state index in [-0.39, 0.29) is 5.91 Å². The second-order valence-electron chi connectivity index (χ2n) is 8.09. The first-order chi connectivity index (χ1) is 15.7. The molecule has 2 aromatic carbocycles. The van der Waals surface area contributed by atoms with Gasteiger partial charge in [0.1, 0.15) is 5.75 Å². The number of hydrogen-bond acceptors (Lipinski definition) is 5. The largest absolute Gasteiger partial charge is 0.494 e. The Kier molecular flexibility index (Phi) is 7.33. The molecular weight excluding hydrogens is 400 g/mol. The van der Waals surface area contributed by atoms with Gasteiger partial charge in [-0.1, -0.05) is 25.5 Å². The maximum absolute atomic E-state index is 12.7. The van der Waals surface area contributed by atoms with Gasteiger partial charge in [0.2, 0.25) is 0 Å². The number of unbranched alkanes of at least 4 members (excludes halogenated alkanes) is 1. The van der Waals surface area contributed by atoms with Crippen LogP contribution in [0.1, 0.15) is 49.4 Å². The molecule has 0 bridgehead atoms. The molecule has 32 heavy (non-hydrogen) atoms. The lowest BCUT2D eigenvalue weighted by atomic mass is 10.1. The molecule has 1 amide bonds. The summed E-state index contributed by atoms with van der Waals surface area (Å²) in [6.45, 7) is 4.91. The highest BCUT2D eigenvalue weighted by atomic mass is 16.5. The van der Waals surface area contributed by atoms with Crippen LogP contribution in [0.5, 0.6) is 5.75 Å². The zero-order chi connectivity index (χ0) is 22.2. The maximum atomic E-state index is 12.7. The second-order valence-corrected chi connectivity index (χ2v) is 8.09. The molecule has 166 valence electrons. The van der Waals surface area contributed by atoms with Gasteiger partial charge in [0.25, 0.3) is 5.91 Å². The first-order valence-corrected chi connectivity index (χ1v) is 11.5. The highest BCUT2D eigenvalue weighted by Crippen LogP contribution is 2.24. The predicted octanol–water partition coefficient (Wildman–Crippen LogP) is 5.57. The third kappa shape index (κ3) is 5.63. The second kappa shape index (κ2) is 10.8. The summed E-state index contributed by atoms with van der Waals surface area (Å²) in [5.74, 6) is 1.55. The lowest BCUT2D eigenvalue weighted by Gasteiger charge is -2.27. The van der Waals surface area contributed by atoms with Gasteiger partial charge in [0.05, 0.1) is 12.3 Å². The fraction of sp³-hybridized carbons (Fsp3) is 0.346. The quantitative estimate of drug-likeness (QED) is 0.474. The minimum absolute atomic E-state index is 0.159. The van der Waals surface area contributed by atoms with E-state index in [0.29, 0.717) is 12.2 Å². The molecule has 3 aromatic rings. The molecule has 4 rings (SSSR count). The number of rotatable bonds is 8. The average molecular weight is 431 g/mol. The first kappa shape index (κ1) is 21.8. The molecule has 6 nitrogen and oxygen atoms in total. The van der Waals surface area contributed by atoms with Crippen LogP contribution in [0.4, 0.5) is 11.5 Å². The van der Waals surface area contributed by atoms with Crippen LogP contribution in [0.3, 0.4) is 0 Å². The molecule has 0 saturated carbocycles. The molecule has 0 radical (unpaired) electrons. The lowest BCUT2D eigenvalue weighted by molar-refractivity contribution is 0.102. The molecule has 1 aliphatic rings. The number of ether oxygens (including phenoxy) is 1. The number of amides is 1. The van der Waals surface area contributed by atoms with Crippen molar-refractivity contribution in [2.24, 2.45) is 0 Å². The SMILES string of the molecule is CCCCOc1ccc(C(=O)Nc2cccc(-c3ccc(N4CCCCC4)nn3)c2)cc1. The van der Waals surface area contributed by atoms with Gasteiger partial charge < -0.3 is 15.0 Å². The van der Waals surface area contributed by atoms with Gasteiger partial charge in [-0.3, -0.25) is 4.79 Å². The van der Waals surface area contributed by atoms with Gasteiger partial charge in [0, 0.05) is 29.9 Å². The van der Waals surface area contributed by atoms with Crippen LogP contribution < -0.4 is 15.0 Å². The van der Waals surface area contributed by atoms with Crippen LogP contribution in [0.15, 0.2) is 60.7 Å². The third-order valence-electron chi connectivity index (χ3n) is 5.63. The summed E-state index contributed by atoms with van der Waals surface area (Å²) < 4.78 is 5.66. The monoisotopic (exact) mass is 430 g/mol. The van der Waals surface area contributed by atoms with E-state index in [0.717, 1.165) is 54.4 Å². The normalized spacial score (nSPS) is 13.6. The van der Waals surface area contributed by atoms with Crippen molar-refractivity contribution < 1.29 is 9.53 Å². The molecule has 1 saturated heterocycles. The van der Waals surface area contributed by atoms with Crippen LogP contribution in [-0.2, 0) is 0 Å². The summed E-state index contributed by atoms with van der Waals surface area (Å²) in [6, 6.07) is 18.9. The van der Waals surface area contributed by atoms with Gasteiger partial charge in [0.15, 0.2) is 5.82 Å². The molecule has 1 aliphatic heterocycles. The molecule has 2 heterocycles. The van der Waals surface area contributed by atoms with E-state index in [2.05, 4.69) is 27.3 Å². The highest BCUT2D eigenvalue weighted by molar-refractivity contribution is 6.04. The average Bonchev–Trinajstić information content (AvgIpc) is 2.85. The molecule has 0 unspecified atom stereocenters. The van der Waals surface area contributed by atoms with Crippen molar-refractivity contribution in [3.05, 3.63) is 66.2 Å². The van der Waals surface area contributed by atoms with Crippen molar-refractivity contribution >= 4 is 17.4 Å². The van der Waals surface area contributed by atoms with Crippen molar-refractivity contribution in [1.82, 2.24) is 10.2 Å². The van der Waals surface area contributed by atoms with Crippen LogP contribution in [0.25, 0.3) is 11.3 Å². The number of carbonyl (C=O) groups is 1. The fourth-order valence-electron chi connectivity index (χ4n) is 3.77. The highest BCUT2D eigenvalue weighted by Gasteiger charge is 2.13. The number of nitrogens with one attached hydrogen (secondary N) is 1. The Morgan fingerprint density at radius 3 is 2.53 bits per heavy atom. The topological polar surface area (TPSA) is 67.3 Å². The summed E-state index contributed by atoms with van der Waals surface area (Å²) in [6.07, 6.45) is 5.81. The van der Waals surface area contributed by atoms with Gasteiger partial charge in [-0.05, 0) is 74.2 Å². The maximum Gasteiger partial charge on any atom is 0.255 e. The molecular formula is C26H30N4O2. The van der Waals surface area contributed by atoms with Gasteiger partial charge >= 0.3 is 0 Å². The van der Waals surface area contributed by atoms with Crippen molar-refractivity contribution in [1.29, 1.82) is 0 Å². The molecule has 1 N–H and O–H groups in total. The molecule has 0 atom stereocenters.